The third-order valence-electron chi connectivity index (χ3n) is 4.64. The van der Waals surface area contributed by atoms with Gasteiger partial charge in [0, 0.05) is 13.2 Å². The third-order valence-corrected chi connectivity index (χ3v) is 6.15. The van der Waals surface area contributed by atoms with Crippen molar-refractivity contribution in [3.05, 3.63) is 59.2 Å². The minimum Gasteiger partial charge on any atom is -0.545 e. The van der Waals surface area contributed by atoms with E-state index in [2.05, 4.69) is 10.0 Å². The minimum absolute atomic E-state index is 0.0437. The van der Waals surface area contributed by atoms with Crippen molar-refractivity contribution in [2.75, 3.05) is 17.9 Å². The van der Waals surface area contributed by atoms with E-state index < -0.39 is 21.9 Å². The second-order valence-corrected chi connectivity index (χ2v) is 8.41. The van der Waals surface area contributed by atoms with Crippen LogP contribution in [0.15, 0.2) is 47.4 Å². The van der Waals surface area contributed by atoms with Gasteiger partial charge in [-0.2, -0.15) is 0 Å². The smallest absolute Gasteiger partial charge is 0.262 e. The highest BCUT2D eigenvalue weighted by molar-refractivity contribution is 7.92. The van der Waals surface area contributed by atoms with Crippen molar-refractivity contribution in [3.8, 4) is 0 Å². The fourth-order valence-electron chi connectivity index (χ4n) is 3.09. The molecule has 0 aliphatic carbocycles. The van der Waals surface area contributed by atoms with Gasteiger partial charge in [-0.15, -0.1) is 0 Å². The van der Waals surface area contributed by atoms with Crippen LogP contribution in [0.3, 0.4) is 0 Å². The van der Waals surface area contributed by atoms with Crippen LogP contribution >= 0.6 is 0 Å². The van der Waals surface area contributed by atoms with Crippen molar-refractivity contribution in [2.24, 2.45) is 0 Å². The monoisotopic (exact) mass is 417 g/mol. The minimum atomic E-state index is -4.13. The van der Waals surface area contributed by atoms with Crippen molar-refractivity contribution in [2.45, 2.75) is 30.8 Å². The molecule has 1 atom stereocenters. The predicted molar refractivity (Wildman–Crippen MR) is 104 cm³/mol. The molecule has 1 aliphatic heterocycles. The zero-order chi connectivity index (χ0) is 21.0. The molecule has 1 fully saturated rings. The van der Waals surface area contributed by atoms with Crippen LogP contribution in [0.1, 0.15) is 39.1 Å². The highest BCUT2D eigenvalue weighted by Crippen LogP contribution is 2.23. The van der Waals surface area contributed by atoms with Crippen molar-refractivity contribution < 1.29 is 27.9 Å². The first kappa shape index (κ1) is 20.8. The lowest BCUT2D eigenvalue weighted by atomic mass is 10.1. The van der Waals surface area contributed by atoms with Crippen LogP contribution in [0.25, 0.3) is 0 Å². The molecule has 2 N–H and O–H groups in total. The number of benzene rings is 2. The second kappa shape index (κ2) is 8.62. The Morgan fingerprint density at radius 1 is 1.21 bits per heavy atom. The summed E-state index contributed by atoms with van der Waals surface area (Å²) in [5.74, 6) is -1.91. The lowest BCUT2D eigenvalue weighted by Gasteiger charge is -2.16. The van der Waals surface area contributed by atoms with E-state index in [4.69, 9.17) is 4.74 Å². The first-order valence-corrected chi connectivity index (χ1v) is 10.6. The maximum absolute atomic E-state index is 12.9. The molecule has 8 nitrogen and oxygen atoms in total. The quantitative estimate of drug-likeness (QED) is 0.694. The molecule has 9 heteroatoms. The third kappa shape index (κ3) is 4.93. The summed E-state index contributed by atoms with van der Waals surface area (Å²) in [5.41, 5.74) is 0.361. The largest absolute Gasteiger partial charge is 0.545 e. The SMILES string of the molecule is Cc1ccc(C(=O)[O-])cc1S(=O)(=O)Nc1ccccc1C(=O)NC[C@@H]1CCCO1. The number of ether oxygens (including phenoxy) is 1. The molecule has 29 heavy (non-hydrogen) atoms. The van der Waals surface area contributed by atoms with Crippen molar-refractivity contribution in [1.82, 2.24) is 5.32 Å². The number of carbonyl (C=O) groups is 2. The first-order chi connectivity index (χ1) is 13.8. The topological polar surface area (TPSA) is 125 Å². The molecule has 0 saturated carbocycles. The molecule has 0 spiro atoms. The van der Waals surface area contributed by atoms with Crippen LogP contribution in [0, 0.1) is 6.92 Å². The number of carboxylic acid groups (broad SMARTS) is 1. The summed E-state index contributed by atoms with van der Waals surface area (Å²) >= 11 is 0. The van der Waals surface area contributed by atoms with Gasteiger partial charge in [0.25, 0.3) is 15.9 Å². The Morgan fingerprint density at radius 2 is 1.97 bits per heavy atom. The van der Waals surface area contributed by atoms with Crippen LogP contribution in [-0.2, 0) is 14.8 Å². The summed E-state index contributed by atoms with van der Waals surface area (Å²) in [7, 11) is -4.13. The average molecular weight is 417 g/mol. The molecule has 2 aromatic rings. The fraction of sp³-hybridized carbons (Fsp3) is 0.300. The first-order valence-electron chi connectivity index (χ1n) is 9.11. The molecule has 0 aromatic heterocycles. The number of rotatable bonds is 7. The molecule has 154 valence electrons. The molecule has 0 unspecified atom stereocenters. The number of carboxylic acids is 1. The highest BCUT2D eigenvalue weighted by atomic mass is 32.2. The van der Waals surface area contributed by atoms with Gasteiger partial charge in [-0.3, -0.25) is 9.52 Å². The molecule has 1 aliphatic rings. The zero-order valence-electron chi connectivity index (χ0n) is 15.8. The number of aryl methyl sites for hydroxylation is 1. The fourth-order valence-corrected chi connectivity index (χ4v) is 4.45. The summed E-state index contributed by atoms with van der Waals surface area (Å²) < 4.78 is 33.6. The summed E-state index contributed by atoms with van der Waals surface area (Å²) in [6, 6.07) is 9.90. The lowest BCUT2D eigenvalue weighted by molar-refractivity contribution is -0.255. The van der Waals surface area contributed by atoms with Crippen LogP contribution in [-0.4, -0.2) is 39.5 Å². The predicted octanol–water partition coefficient (Wildman–Crippen LogP) is 1.07. The van der Waals surface area contributed by atoms with Crippen molar-refractivity contribution in [3.63, 3.8) is 0 Å². The zero-order valence-corrected chi connectivity index (χ0v) is 16.6. The van der Waals surface area contributed by atoms with Crippen LogP contribution in [0.2, 0.25) is 0 Å². The van der Waals surface area contributed by atoms with E-state index in [0.717, 1.165) is 18.9 Å². The number of sulfonamides is 1. The Kier molecular flexibility index (Phi) is 6.19. The molecule has 1 saturated heterocycles. The van der Waals surface area contributed by atoms with Gasteiger partial charge in [-0.1, -0.05) is 24.3 Å². The van der Waals surface area contributed by atoms with Crippen LogP contribution in [0.5, 0.6) is 0 Å². The summed E-state index contributed by atoms with van der Waals surface area (Å²) in [5, 5.41) is 13.8. The molecule has 0 radical (unpaired) electrons. The Morgan fingerprint density at radius 3 is 2.66 bits per heavy atom. The number of carbonyl (C=O) groups excluding carboxylic acids is 2. The Balaban J connectivity index is 1.83. The van der Waals surface area contributed by atoms with Crippen LogP contribution in [0.4, 0.5) is 5.69 Å². The number of para-hydroxylation sites is 1. The molecule has 0 bridgehead atoms. The van der Waals surface area contributed by atoms with E-state index in [9.17, 15) is 23.1 Å². The number of nitrogens with one attached hydrogen (secondary N) is 2. The van der Waals surface area contributed by atoms with Gasteiger partial charge in [-0.05, 0) is 49.1 Å². The van der Waals surface area contributed by atoms with Gasteiger partial charge in [0.2, 0.25) is 0 Å². The maximum Gasteiger partial charge on any atom is 0.262 e. The summed E-state index contributed by atoms with van der Waals surface area (Å²) in [6.07, 6.45) is 1.77. The van der Waals surface area contributed by atoms with E-state index in [-0.39, 0.29) is 27.8 Å². The number of hydrogen-bond acceptors (Lipinski definition) is 6. The van der Waals surface area contributed by atoms with Crippen LogP contribution < -0.4 is 15.1 Å². The number of anilines is 1. The molecular formula is C20H21N2O6S-. The Bertz CT molecular complexity index is 1030. The summed E-state index contributed by atoms with van der Waals surface area (Å²) in [4.78, 5) is 23.5. The van der Waals surface area contributed by atoms with Crippen molar-refractivity contribution in [1.29, 1.82) is 0 Å². The molecular weight excluding hydrogens is 396 g/mol. The van der Waals surface area contributed by atoms with E-state index in [1.807, 2.05) is 0 Å². The molecule has 1 amide bonds. The number of hydrogen-bond donors (Lipinski definition) is 2. The molecule has 3 rings (SSSR count). The van der Waals surface area contributed by atoms with Gasteiger partial charge in [0.15, 0.2) is 0 Å². The van der Waals surface area contributed by atoms with Gasteiger partial charge in [0.1, 0.15) is 0 Å². The summed E-state index contributed by atoms with van der Waals surface area (Å²) in [6.45, 7) is 2.56. The highest BCUT2D eigenvalue weighted by Gasteiger charge is 2.22. The van der Waals surface area contributed by atoms with E-state index in [0.29, 0.717) is 18.7 Å². The van der Waals surface area contributed by atoms with Gasteiger partial charge in [-0.25, -0.2) is 8.42 Å². The number of aromatic carboxylic acids is 1. The maximum atomic E-state index is 12.9. The second-order valence-electron chi connectivity index (χ2n) is 6.76. The normalized spacial score (nSPS) is 16.4. The van der Waals surface area contributed by atoms with Gasteiger partial charge >= 0.3 is 0 Å². The molecule has 2 aromatic carbocycles. The standard InChI is InChI=1S/C20H22N2O6S/c1-13-8-9-14(20(24)25)11-18(13)29(26,27)22-17-7-3-2-6-16(17)19(23)21-12-15-5-4-10-28-15/h2-3,6-9,11,15,22H,4-5,10,12H2,1H3,(H,21,23)(H,24,25)/p-1/t15-/m0/s1. The lowest BCUT2D eigenvalue weighted by Crippen LogP contribution is -2.32. The Labute approximate surface area is 168 Å². The van der Waals surface area contributed by atoms with E-state index in [1.165, 1.54) is 24.3 Å². The van der Waals surface area contributed by atoms with E-state index in [1.54, 1.807) is 19.1 Å². The van der Waals surface area contributed by atoms with E-state index >= 15 is 0 Å². The number of amides is 1. The molecule has 1 heterocycles. The van der Waals surface area contributed by atoms with Crippen molar-refractivity contribution >= 4 is 27.6 Å². The Hall–Kier alpha value is -2.91. The van der Waals surface area contributed by atoms with Gasteiger partial charge < -0.3 is 20.0 Å². The van der Waals surface area contributed by atoms with Gasteiger partial charge in [0.05, 0.1) is 28.2 Å². The average Bonchev–Trinajstić information content (AvgIpc) is 3.20.